The van der Waals surface area contributed by atoms with Crippen LogP contribution in [0.25, 0.3) is 33.1 Å². The van der Waals surface area contributed by atoms with Crippen molar-refractivity contribution in [1.29, 1.82) is 0 Å². The number of fused-ring (bicyclic) bond motifs is 3. The molecule has 1 aromatic carbocycles. The standard InChI is InChI=1S/C27H31F3N4O2/c1-14-10-20-21(11-19(14)23-16(3)33-36-17(23)4)31-12-22-24(20)34(15(2)13-35-26(28)29)25(32-22)18-6-8-27(5,30)9-7-18/h10-12,15,18,26H,6-9,13H2,1-5H3/t15-,18?,27?/m1/s1. The SMILES string of the molecule is Cc1cc2c(cc1-c1c(C)noc1C)ncc1nc(C3CCC(C)(F)CC3)n([C@H](C)COC(F)F)c12. The number of rotatable bonds is 6. The fourth-order valence-electron chi connectivity index (χ4n) is 5.59. The number of pyridine rings is 1. The molecule has 6 nitrogen and oxygen atoms in total. The molecule has 1 atom stereocenters. The van der Waals surface area contributed by atoms with Gasteiger partial charge in [-0.1, -0.05) is 5.16 Å². The van der Waals surface area contributed by atoms with E-state index < -0.39 is 18.3 Å². The first-order chi connectivity index (χ1) is 17.1. The highest BCUT2D eigenvalue weighted by molar-refractivity contribution is 6.04. The van der Waals surface area contributed by atoms with Crippen LogP contribution in [0.3, 0.4) is 0 Å². The third kappa shape index (κ3) is 4.38. The molecule has 3 aromatic heterocycles. The molecule has 0 amide bonds. The number of benzene rings is 1. The van der Waals surface area contributed by atoms with Gasteiger partial charge in [0.15, 0.2) is 0 Å². The molecule has 1 saturated carbocycles. The fraction of sp³-hybridized carbons (Fsp3) is 0.519. The van der Waals surface area contributed by atoms with Gasteiger partial charge < -0.3 is 13.8 Å². The Morgan fingerprint density at radius 3 is 2.53 bits per heavy atom. The first-order valence-electron chi connectivity index (χ1n) is 12.4. The second kappa shape index (κ2) is 9.18. The smallest absolute Gasteiger partial charge is 0.345 e. The molecule has 1 fully saturated rings. The van der Waals surface area contributed by atoms with Crippen LogP contribution in [-0.2, 0) is 4.74 Å². The van der Waals surface area contributed by atoms with Crippen molar-refractivity contribution < 1.29 is 22.4 Å². The summed E-state index contributed by atoms with van der Waals surface area (Å²) in [5.74, 6) is 1.55. The molecule has 1 aliphatic rings. The van der Waals surface area contributed by atoms with Crippen molar-refractivity contribution in [2.24, 2.45) is 0 Å². The van der Waals surface area contributed by atoms with Crippen molar-refractivity contribution in [3.63, 3.8) is 0 Å². The van der Waals surface area contributed by atoms with Gasteiger partial charge in [0.25, 0.3) is 0 Å². The molecule has 0 unspecified atom stereocenters. The molecule has 0 spiro atoms. The maximum absolute atomic E-state index is 14.5. The van der Waals surface area contributed by atoms with Crippen molar-refractivity contribution in [2.75, 3.05) is 6.61 Å². The van der Waals surface area contributed by atoms with Crippen LogP contribution < -0.4 is 0 Å². The molecule has 5 rings (SSSR count). The number of hydrogen-bond donors (Lipinski definition) is 0. The Hall–Kier alpha value is -2.94. The van der Waals surface area contributed by atoms with Crippen LogP contribution >= 0.6 is 0 Å². The minimum Gasteiger partial charge on any atom is -0.361 e. The number of hydrogen-bond acceptors (Lipinski definition) is 5. The Kier molecular flexibility index (Phi) is 6.31. The van der Waals surface area contributed by atoms with Gasteiger partial charge in [-0.05, 0) is 83.6 Å². The highest BCUT2D eigenvalue weighted by Gasteiger charge is 2.34. The predicted octanol–water partition coefficient (Wildman–Crippen LogP) is 7.35. The molecule has 192 valence electrons. The lowest BCUT2D eigenvalue weighted by Gasteiger charge is -2.32. The van der Waals surface area contributed by atoms with E-state index in [-0.39, 0.29) is 12.5 Å². The average Bonchev–Trinajstić information content (AvgIpc) is 3.37. The number of aromatic nitrogens is 4. The van der Waals surface area contributed by atoms with Gasteiger partial charge in [0.1, 0.15) is 22.8 Å². The van der Waals surface area contributed by atoms with E-state index >= 15 is 0 Å². The Balaban J connectivity index is 1.69. The molecule has 0 aliphatic heterocycles. The van der Waals surface area contributed by atoms with E-state index in [1.165, 1.54) is 0 Å². The van der Waals surface area contributed by atoms with Crippen molar-refractivity contribution >= 4 is 21.9 Å². The minimum atomic E-state index is -2.86. The third-order valence-corrected chi connectivity index (χ3v) is 7.49. The lowest BCUT2D eigenvalue weighted by molar-refractivity contribution is -0.135. The number of nitrogens with zero attached hydrogens (tertiary/aromatic N) is 4. The topological polar surface area (TPSA) is 66.0 Å². The second-order valence-electron chi connectivity index (χ2n) is 10.3. The monoisotopic (exact) mass is 500 g/mol. The number of halogens is 3. The van der Waals surface area contributed by atoms with Crippen LogP contribution in [0.4, 0.5) is 13.2 Å². The van der Waals surface area contributed by atoms with Crippen LogP contribution in [0.1, 0.15) is 74.3 Å². The van der Waals surface area contributed by atoms with Gasteiger partial charge in [0, 0.05) is 16.9 Å². The summed E-state index contributed by atoms with van der Waals surface area (Å²) < 4.78 is 52.5. The zero-order valence-electron chi connectivity index (χ0n) is 21.2. The summed E-state index contributed by atoms with van der Waals surface area (Å²) in [7, 11) is 0. The largest absolute Gasteiger partial charge is 0.361 e. The van der Waals surface area contributed by atoms with Crippen molar-refractivity contribution in [3.05, 3.63) is 41.2 Å². The minimum absolute atomic E-state index is 0.0351. The lowest BCUT2D eigenvalue weighted by Crippen LogP contribution is -2.27. The maximum atomic E-state index is 14.5. The summed E-state index contributed by atoms with van der Waals surface area (Å²) in [6.07, 6.45) is 3.93. The van der Waals surface area contributed by atoms with E-state index in [4.69, 9.17) is 19.2 Å². The Labute approximate surface area is 207 Å². The van der Waals surface area contributed by atoms with Gasteiger partial charge >= 0.3 is 6.61 Å². The van der Waals surface area contributed by atoms with E-state index in [2.05, 4.69) is 11.2 Å². The Bertz CT molecular complexity index is 1400. The summed E-state index contributed by atoms with van der Waals surface area (Å²) in [4.78, 5) is 9.62. The molecule has 4 aromatic rings. The van der Waals surface area contributed by atoms with E-state index in [1.54, 1.807) is 13.1 Å². The van der Waals surface area contributed by atoms with Crippen molar-refractivity contribution in [1.82, 2.24) is 19.7 Å². The highest BCUT2D eigenvalue weighted by atomic mass is 19.3. The highest BCUT2D eigenvalue weighted by Crippen LogP contribution is 2.42. The lowest BCUT2D eigenvalue weighted by atomic mass is 9.80. The average molecular weight is 501 g/mol. The summed E-state index contributed by atoms with van der Waals surface area (Å²) in [6.45, 7) is 6.29. The summed E-state index contributed by atoms with van der Waals surface area (Å²) in [5, 5.41) is 4.97. The van der Waals surface area contributed by atoms with Gasteiger partial charge in [0.2, 0.25) is 0 Å². The van der Waals surface area contributed by atoms with Gasteiger partial charge in [-0.2, -0.15) is 8.78 Å². The van der Waals surface area contributed by atoms with Gasteiger partial charge in [-0.3, -0.25) is 4.98 Å². The molecule has 9 heteroatoms. The van der Waals surface area contributed by atoms with Gasteiger partial charge in [0.05, 0.1) is 35.6 Å². The van der Waals surface area contributed by atoms with Crippen LogP contribution in [0, 0.1) is 20.8 Å². The second-order valence-corrected chi connectivity index (χ2v) is 10.3. The number of alkyl halides is 3. The van der Waals surface area contributed by atoms with E-state index in [0.29, 0.717) is 31.2 Å². The number of imidazole rings is 1. The molecule has 0 radical (unpaired) electrons. The van der Waals surface area contributed by atoms with Crippen LogP contribution in [0.2, 0.25) is 0 Å². The first kappa shape index (κ1) is 24.7. The Morgan fingerprint density at radius 2 is 1.89 bits per heavy atom. The number of ether oxygens (including phenoxy) is 1. The van der Waals surface area contributed by atoms with E-state index in [9.17, 15) is 13.2 Å². The summed E-state index contributed by atoms with van der Waals surface area (Å²) in [5.41, 5.74) is 4.86. The normalized spacial score (nSPS) is 21.6. The van der Waals surface area contributed by atoms with Crippen LogP contribution in [0.15, 0.2) is 22.9 Å². The molecule has 36 heavy (non-hydrogen) atoms. The zero-order chi connectivity index (χ0) is 25.8. The molecule has 0 N–H and O–H groups in total. The molecule has 0 saturated heterocycles. The predicted molar refractivity (Wildman–Crippen MR) is 132 cm³/mol. The molecular weight excluding hydrogens is 469 g/mol. The molecular formula is C27H31F3N4O2. The van der Waals surface area contributed by atoms with Crippen LogP contribution in [0.5, 0.6) is 0 Å². The van der Waals surface area contributed by atoms with Gasteiger partial charge in [-0.15, -0.1) is 0 Å². The summed E-state index contributed by atoms with van der Waals surface area (Å²) >= 11 is 0. The van der Waals surface area contributed by atoms with Gasteiger partial charge in [-0.25, -0.2) is 9.37 Å². The van der Waals surface area contributed by atoms with Crippen molar-refractivity contribution in [2.45, 2.75) is 84.5 Å². The molecule has 3 heterocycles. The molecule has 0 bridgehead atoms. The van der Waals surface area contributed by atoms with E-state index in [1.807, 2.05) is 38.3 Å². The quantitative estimate of drug-likeness (QED) is 0.277. The molecule has 1 aliphatic carbocycles. The third-order valence-electron chi connectivity index (χ3n) is 7.49. The Morgan fingerprint density at radius 1 is 1.17 bits per heavy atom. The maximum Gasteiger partial charge on any atom is 0.345 e. The van der Waals surface area contributed by atoms with Crippen LogP contribution in [-0.4, -0.2) is 38.6 Å². The van der Waals surface area contributed by atoms with E-state index in [0.717, 1.165) is 50.4 Å². The first-order valence-corrected chi connectivity index (χ1v) is 12.4. The fourth-order valence-corrected chi connectivity index (χ4v) is 5.59. The number of aryl methyl sites for hydroxylation is 3. The summed E-state index contributed by atoms with van der Waals surface area (Å²) in [6, 6.07) is 3.68. The van der Waals surface area contributed by atoms with Crippen molar-refractivity contribution in [3.8, 4) is 11.1 Å². The zero-order valence-corrected chi connectivity index (χ0v) is 21.2.